The van der Waals surface area contributed by atoms with Crippen LogP contribution in [0.4, 0.5) is 5.69 Å². The molecule has 0 aliphatic rings. The minimum Gasteiger partial charge on any atom is -0.481 e. The van der Waals surface area contributed by atoms with Crippen LogP contribution in [-0.2, 0) is 9.53 Å². The summed E-state index contributed by atoms with van der Waals surface area (Å²) in [6.45, 7) is 0.187. The summed E-state index contributed by atoms with van der Waals surface area (Å²) >= 11 is 0. The lowest BCUT2D eigenvalue weighted by molar-refractivity contribution is -0.385. The van der Waals surface area contributed by atoms with Crippen LogP contribution in [0.5, 0.6) is 0 Å². The maximum atomic E-state index is 12.8. The van der Waals surface area contributed by atoms with Crippen LogP contribution < -0.4 is 0 Å². The molecule has 0 aliphatic carbocycles. The molecule has 0 aliphatic heterocycles. The van der Waals surface area contributed by atoms with Gasteiger partial charge in [-0.05, 0) is 17.5 Å². The minimum atomic E-state index is -1.13. The van der Waals surface area contributed by atoms with Crippen molar-refractivity contribution in [1.29, 1.82) is 0 Å². The van der Waals surface area contributed by atoms with Crippen LogP contribution in [0.1, 0.15) is 23.2 Å². The number of methoxy groups -OCH3 is 1. The monoisotopic (exact) mass is 357 g/mol. The molecule has 136 valence electrons. The molecule has 0 bridgehead atoms. The molecule has 1 atom stereocenters. The lowest BCUT2D eigenvalue weighted by atomic mass is 9.90. The zero-order valence-corrected chi connectivity index (χ0v) is 14.3. The summed E-state index contributed by atoms with van der Waals surface area (Å²) in [4.78, 5) is 35.0. The predicted molar refractivity (Wildman–Crippen MR) is 95.1 cm³/mol. The summed E-state index contributed by atoms with van der Waals surface area (Å²) in [6, 6.07) is 13.2. The number of rotatable bonds is 9. The number of carboxylic acids is 1. The molecule has 0 spiro atoms. The Morgan fingerprint density at radius 1 is 1.15 bits per heavy atom. The molecule has 1 unspecified atom stereocenters. The fourth-order valence-electron chi connectivity index (χ4n) is 2.74. The summed E-state index contributed by atoms with van der Waals surface area (Å²) < 4.78 is 4.88. The highest BCUT2D eigenvalue weighted by Crippen LogP contribution is 2.32. The van der Waals surface area contributed by atoms with Gasteiger partial charge >= 0.3 is 5.97 Å². The second kappa shape index (κ2) is 8.87. The Morgan fingerprint density at radius 3 is 2.42 bits per heavy atom. The maximum Gasteiger partial charge on any atom is 0.307 e. The molecule has 0 saturated heterocycles. The van der Waals surface area contributed by atoms with E-state index in [2.05, 4.69) is 0 Å². The van der Waals surface area contributed by atoms with E-state index in [1.807, 2.05) is 0 Å². The van der Waals surface area contributed by atoms with Crippen molar-refractivity contribution in [3.63, 3.8) is 0 Å². The quantitative estimate of drug-likeness (QED) is 0.418. The van der Waals surface area contributed by atoms with Crippen LogP contribution in [0.3, 0.4) is 0 Å². The van der Waals surface area contributed by atoms with Gasteiger partial charge in [-0.25, -0.2) is 0 Å². The molecule has 2 rings (SSSR count). The number of nitro benzene ring substituents is 1. The first-order valence-electron chi connectivity index (χ1n) is 8.03. The van der Waals surface area contributed by atoms with E-state index in [-0.39, 0.29) is 30.7 Å². The number of carbonyl (C=O) groups is 2. The van der Waals surface area contributed by atoms with Gasteiger partial charge in [-0.2, -0.15) is 0 Å². The molecule has 0 radical (unpaired) electrons. The van der Waals surface area contributed by atoms with E-state index in [0.717, 1.165) is 0 Å². The van der Waals surface area contributed by atoms with Crippen LogP contribution in [0.2, 0.25) is 0 Å². The third kappa shape index (κ3) is 4.52. The van der Waals surface area contributed by atoms with Gasteiger partial charge in [0.2, 0.25) is 0 Å². The summed E-state index contributed by atoms with van der Waals surface area (Å²) in [6.07, 6.45) is -0.178. The van der Waals surface area contributed by atoms with Crippen molar-refractivity contribution < 1.29 is 24.4 Å². The van der Waals surface area contributed by atoms with E-state index in [9.17, 15) is 24.8 Å². The number of carbonyl (C=O) groups excluding carboxylic acids is 1. The Morgan fingerprint density at radius 2 is 1.85 bits per heavy atom. The van der Waals surface area contributed by atoms with Crippen molar-refractivity contribution in [2.75, 3.05) is 13.7 Å². The fraction of sp³-hybridized carbons (Fsp3) is 0.263. The molecule has 7 nitrogen and oxygen atoms in total. The molecule has 2 aromatic carbocycles. The number of ether oxygens (including phenoxy) is 1. The summed E-state index contributed by atoms with van der Waals surface area (Å²) in [7, 11) is 1.44. The zero-order chi connectivity index (χ0) is 19.1. The van der Waals surface area contributed by atoms with Gasteiger partial charge in [0.05, 0.1) is 10.8 Å². The van der Waals surface area contributed by atoms with Crippen LogP contribution in [0, 0.1) is 16.0 Å². The van der Waals surface area contributed by atoms with Crippen LogP contribution in [0.25, 0.3) is 11.1 Å². The predicted octanol–water partition coefficient (Wildman–Crippen LogP) is 3.57. The van der Waals surface area contributed by atoms with Crippen LogP contribution in [0.15, 0.2) is 48.5 Å². The highest BCUT2D eigenvalue weighted by molar-refractivity contribution is 6.07. The Labute approximate surface area is 150 Å². The number of nitrogens with zero attached hydrogens (tertiary/aromatic N) is 1. The van der Waals surface area contributed by atoms with Crippen molar-refractivity contribution in [3.05, 3.63) is 64.2 Å². The average Bonchev–Trinajstić information content (AvgIpc) is 2.64. The number of hydrogen-bond donors (Lipinski definition) is 1. The van der Waals surface area contributed by atoms with Gasteiger partial charge in [-0.3, -0.25) is 19.7 Å². The van der Waals surface area contributed by atoms with E-state index in [0.29, 0.717) is 11.1 Å². The third-order valence-corrected chi connectivity index (χ3v) is 4.05. The Balaban J connectivity index is 2.47. The normalized spacial score (nSPS) is 11.7. The molecule has 0 amide bonds. The van der Waals surface area contributed by atoms with Gasteiger partial charge in [0.1, 0.15) is 5.56 Å². The van der Waals surface area contributed by atoms with E-state index >= 15 is 0 Å². The van der Waals surface area contributed by atoms with Gasteiger partial charge in [0.25, 0.3) is 5.69 Å². The number of hydrogen-bond acceptors (Lipinski definition) is 5. The molecule has 2 aromatic rings. The number of carboxylic acid groups (broad SMARTS) is 1. The summed E-state index contributed by atoms with van der Waals surface area (Å²) in [5.41, 5.74) is 0.684. The Bertz CT molecular complexity index is 803. The molecule has 0 saturated carbocycles. The lowest BCUT2D eigenvalue weighted by Crippen LogP contribution is -2.20. The third-order valence-electron chi connectivity index (χ3n) is 4.05. The highest BCUT2D eigenvalue weighted by atomic mass is 16.6. The first kappa shape index (κ1) is 19.3. The second-order valence-corrected chi connectivity index (χ2v) is 5.77. The van der Waals surface area contributed by atoms with Crippen molar-refractivity contribution in [2.45, 2.75) is 12.8 Å². The second-order valence-electron chi connectivity index (χ2n) is 5.77. The number of nitro groups is 1. The van der Waals surface area contributed by atoms with Crippen molar-refractivity contribution >= 4 is 17.4 Å². The number of ketones is 1. The molecular weight excluding hydrogens is 338 g/mol. The van der Waals surface area contributed by atoms with Crippen molar-refractivity contribution in [2.24, 2.45) is 5.92 Å². The fourth-order valence-corrected chi connectivity index (χ4v) is 2.74. The standard InChI is InChI=1S/C19H19NO6/c1-26-11-10-14(19(22)23)12-17(21)18-15(13-6-3-2-4-7-13)8-5-9-16(18)20(24)25/h2-9,14H,10-12H2,1H3,(H,22,23). The lowest BCUT2D eigenvalue weighted by Gasteiger charge is -2.13. The van der Waals surface area contributed by atoms with Crippen LogP contribution >= 0.6 is 0 Å². The molecule has 0 aromatic heterocycles. The van der Waals surface area contributed by atoms with E-state index < -0.39 is 22.6 Å². The smallest absolute Gasteiger partial charge is 0.307 e. The molecule has 0 heterocycles. The molecule has 7 heteroatoms. The van der Waals surface area contributed by atoms with E-state index in [1.54, 1.807) is 36.4 Å². The van der Waals surface area contributed by atoms with Gasteiger partial charge in [0.15, 0.2) is 5.78 Å². The molecule has 26 heavy (non-hydrogen) atoms. The van der Waals surface area contributed by atoms with Gasteiger partial charge in [0, 0.05) is 26.2 Å². The van der Waals surface area contributed by atoms with E-state index in [4.69, 9.17) is 4.74 Å². The molecule has 1 N–H and O–H groups in total. The van der Waals surface area contributed by atoms with E-state index in [1.165, 1.54) is 19.2 Å². The summed E-state index contributed by atoms with van der Waals surface area (Å²) in [5, 5.41) is 20.7. The Kier molecular flexibility index (Phi) is 6.57. The molecule has 0 fully saturated rings. The number of Topliss-reactive ketones (excluding diaryl/α,β-unsaturated/α-hetero) is 1. The SMILES string of the molecule is COCCC(CC(=O)c1c(-c2ccccc2)cccc1[N+](=O)[O-])C(=O)O. The largest absolute Gasteiger partial charge is 0.481 e. The average molecular weight is 357 g/mol. The van der Waals surface area contributed by atoms with Crippen LogP contribution in [-0.4, -0.2) is 35.5 Å². The first-order valence-corrected chi connectivity index (χ1v) is 8.03. The number of aliphatic carboxylic acids is 1. The zero-order valence-electron chi connectivity index (χ0n) is 14.3. The number of benzene rings is 2. The van der Waals surface area contributed by atoms with Crippen molar-refractivity contribution in [1.82, 2.24) is 0 Å². The highest BCUT2D eigenvalue weighted by Gasteiger charge is 2.29. The first-order chi connectivity index (χ1) is 12.5. The topological polar surface area (TPSA) is 107 Å². The van der Waals surface area contributed by atoms with Gasteiger partial charge in [-0.15, -0.1) is 0 Å². The van der Waals surface area contributed by atoms with Crippen molar-refractivity contribution in [3.8, 4) is 11.1 Å². The molecular formula is C19H19NO6. The minimum absolute atomic E-state index is 0.0626. The maximum absolute atomic E-state index is 12.8. The Hall–Kier alpha value is -3.06. The van der Waals surface area contributed by atoms with Gasteiger partial charge < -0.3 is 9.84 Å². The van der Waals surface area contributed by atoms with Gasteiger partial charge in [-0.1, -0.05) is 42.5 Å². The summed E-state index contributed by atoms with van der Waals surface area (Å²) in [5.74, 6) is -2.67.